The van der Waals surface area contributed by atoms with Crippen molar-refractivity contribution in [3.05, 3.63) is 0 Å². The summed E-state index contributed by atoms with van der Waals surface area (Å²) < 4.78 is 32.0. The molecule has 120 valence electrons. The van der Waals surface area contributed by atoms with E-state index in [0.29, 0.717) is 19.1 Å². The summed E-state index contributed by atoms with van der Waals surface area (Å²) in [6, 6.07) is 0.300. The van der Waals surface area contributed by atoms with Crippen molar-refractivity contribution in [2.45, 2.75) is 38.5 Å². The highest BCUT2D eigenvalue weighted by atomic mass is 32.2. The van der Waals surface area contributed by atoms with Crippen LogP contribution in [0.25, 0.3) is 0 Å². The molecule has 6 nitrogen and oxygen atoms in total. The monoisotopic (exact) mass is 307 g/mol. The van der Waals surface area contributed by atoms with Crippen LogP contribution in [0.1, 0.15) is 27.2 Å². The van der Waals surface area contributed by atoms with E-state index in [9.17, 15) is 8.42 Å². The molecule has 0 aromatic carbocycles. The summed E-state index contributed by atoms with van der Waals surface area (Å²) in [7, 11) is -3.21. The van der Waals surface area contributed by atoms with Gasteiger partial charge in [0.25, 0.3) is 0 Å². The Morgan fingerprint density at radius 1 is 1.20 bits per heavy atom. The molecular formula is C13H29N3O3S. The van der Waals surface area contributed by atoms with Crippen LogP contribution in [0.5, 0.6) is 0 Å². The van der Waals surface area contributed by atoms with Gasteiger partial charge in [-0.1, -0.05) is 13.8 Å². The number of rotatable bonds is 9. The minimum atomic E-state index is -3.21. The van der Waals surface area contributed by atoms with E-state index in [1.165, 1.54) is 0 Å². The third-order valence-electron chi connectivity index (χ3n) is 3.40. The van der Waals surface area contributed by atoms with E-state index in [1.807, 2.05) is 13.8 Å². The number of nitrogens with one attached hydrogen (secondary N) is 2. The predicted molar refractivity (Wildman–Crippen MR) is 81.4 cm³/mol. The molecule has 0 amide bonds. The highest BCUT2D eigenvalue weighted by Crippen LogP contribution is 2.00. The van der Waals surface area contributed by atoms with Gasteiger partial charge in [-0.25, -0.2) is 13.1 Å². The molecule has 7 heteroatoms. The molecule has 0 aromatic heterocycles. The lowest BCUT2D eigenvalue weighted by atomic mass is 10.3. The van der Waals surface area contributed by atoms with Crippen molar-refractivity contribution in [3.8, 4) is 0 Å². The molecule has 1 heterocycles. The van der Waals surface area contributed by atoms with Crippen molar-refractivity contribution < 1.29 is 13.2 Å². The van der Waals surface area contributed by atoms with Crippen molar-refractivity contribution in [1.29, 1.82) is 0 Å². The average Bonchev–Trinajstić information content (AvgIpc) is 2.42. The van der Waals surface area contributed by atoms with Crippen LogP contribution in [0.4, 0.5) is 0 Å². The highest BCUT2D eigenvalue weighted by molar-refractivity contribution is 7.90. The van der Waals surface area contributed by atoms with Crippen LogP contribution in [0.3, 0.4) is 0 Å². The number of hydrogen-bond donors (Lipinski definition) is 2. The minimum absolute atomic E-state index is 0.300. The van der Waals surface area contributed by atoms with E-state index >= 15 is 0 Å². The Morgan fingerprint density at radius 2 is 1.85 bits per heavy atom. The van der Waals surface area contributed by atoms with E-state index in [2.05, 4.69) is 14.9 Å². The Labute approximate surface area is 123 Å². The lowest BCUT2D eigenvalue weighted by Gasteiger charge is -2.26. The third kappa shape index (κ3) is 6.99. The summed E-state index contributed by atoms with van der Waals surface area (Å²) >= 11 is 0. The fourth-order valence-corrected chi connectivity index (χ4v) is 3.02. The second kappa shape index (κ2) is 8.94. The molecule has 0 radical (unpaired) electrons. The van der Waals surface area contributed by atoms with Crippen LogP contribution in [-0.4, -0.2) is 70.5 Å². The van der Waals surface area contributed by atoms with Gasteiger partial charge in [-0.05, 0) is 19.9 Å². The zero-order valence-electron chi connectivity index (χ0n) is 12.9. The van der Waals surface area contributed by atoms with Crippen LogP contribution in [0.2, 0.25) is 0 Å². The molecule has 1 aliphatic rings. The molecule has 0 bridgehead atoms. The normalized spacial score (nSPS) is 19.4. The van der Waals surface area contributed by atoms with Gasteiger partial charge < -0.3 is 10.1 Å². The minimum Gasteiger partial charge on any atom is -0.379 e. The van der Waals surface area contributed by atoms with E-state index in [0.717, 1.165) is 39.3 Å². The van der Waals surface area contributed by atoms with Gasteiger partial charge in [-0.15, -0.1) is 0 Å². The van der Waals surface area contributed by atoms with Crippen LogP contribution < -0.4 is 10.0 Å². The summed E-state index contributed by atoms with van der Waals surface area (Å²) in [5.74, 6) is 0. The first-order valence-corrected chi connectivity index (χ1v) is 8.98. The Kier molecular flexibility index (Phi) is 7.98. The SMILES string of the molecule is CC(C)NCC(C)S(=O)(=O)NCCCN1CCOCC1. The fourth-order valence-electron chi connectivity index (χ4n) is 2.00. The maximum absolute atomic E-state index is 12.0. The first kappa shape index (κ1) is 17.8. The van der Waals surface area contributed by atoms with E-state index in [4.69, 9.17) is 4.74 Å². The highest BCUT2D eigenvalue weighted by Gasteiger charge is 2.20. The smallest absolute Gasteiger partial charge is 0.215 e. The Bertz CT molecular complexity index is 354. The second-order valence-corrected chi connectivity index (χ2v) is 7.80. The number of ether oxygens (including phenoxy) is 1. The van der Waals surface area contributed by atoms with Gasteiger partial charge in [0.1, 0.15) is 0 Å². The Hall–Kier alpha value is -0.210. The molecule has 0 saturated carbocycles. The maximum atomic E-state index is 12.0. The van der Waals surface area contributed by atoms with Gasteiger partial charge in [-0.2, -0.15) is 0 Å². The molecule has 1 atom stereocenters. The number of morpholine rings is 1. The van der Waals surface area contributed by atoms with Crippen molar-refractivity contribution in [3.63, 3.8) is 0 Å². The zero-order chi connectivity index (χ0) is 15.0. The van der Waals surface area contributed by atoms with Gasteiger partial charge >= 0.3 is 0 Å². The van der Waals surface area contributed by atoms with Gasteiger partial charge in [0, 0.05) is 32.2 Å². The first-order valence-electron chi connectivity index (χ1n) is 7.44. The van der Waals surface area contributed by atoms with Crippen LogP contribution in [-0.2, 0) is 14.8 Å². The lowest BCUT2D eigenvalue weighted by molar-refractivity contribution is 0.0376. The van der Waals surface area contributed by atoms with Crippen molar-refractivity contribution in [1.82, 2.24) is 14.9 Å². The summed E-state index contributed by atoms with van der Waals surface area (Å²) in [6.45, 7) is 11.1. The van der Waals surface area contributed by atoms with E-state index in [1.54, 1.807) is 6.92 Å². The molecule has 0 aliphatic carbocycles. The molecule has 1 unspecified atom stereocenters. The Balaban J connectivity index is 2.18. The first-order chi connectivity index (χ1) is 9.42. The van der Waals surface area contributed by atoms with Gasteiger partial charge in [0.2, 0.25) is 10.0 Å². The van der Waals surface area contributed by atoms with Crippen LogP contribution in [0, 0.1) is 0 Å². The molecule has 0 spiro atoms. The molecule has 20 heavy (non-hydrogen) atoms. The predicted octanol–water partition coefficient (Wildman–Crippen LogP) is 0.0146. The van der Waals surface area contributed by atoms with E-state index < -0.39 is 15.3 Å². The molecule has 2 N–H and O–H groups in total. The summed E-state index contributed by atoms with van der Waals surface area (Å²) in [4.78, 5) is 2.31. The molecule has 1 rings (SSSR count). The molecule has 1 aliphatic heterocycles. The largest absolute Gasteiger partial charge is 0.379 e. The van der Waals surface area contributed by atoms with Crippen LogP contribution >= 0.6 is 0 Å². The topological polar surface area (TPSA) is 70.7 Å². The molecule has 1 saturated heterocycles. The van der Waals surface area contributed by atoms with Gasteiger partial charge in [-0.3, -0.25) is 4.90 Å². The summed E-state index contributed by atoms with van der Waals surface area (Å²) in [6.07, 6.45) is 0.837. The standard InChI is InChI=1S/C13H29N3O3S/c1-12(2)14-11-13(3)20(17,18)15-5-4-6-16-7-9-19-10-8-16/h12-15H,4-11H2,1-3H3. The van der Waals surface area contributed by atoms with E-state index in [-0.39, 0.29) is 0 Å². The molecular weight excluding hydrogens is 278 g/mol. The zero-order valence-corrected chi connectivity index (χ0v) is 13.7. The summed E-state index contributed by atoms with van der Waals surface area (Å²) in [5, 5.41) is 2.74. The summed E-state index contributed by atoms with van der Waals surface area (Å²) in [5.41, 5.74) is 0. The number of nitrogens with zero attached hydrogens (tertiary/aromatic N) is 1. The quantitative estimate of drug-likeness (QED) is 0.588. The van der Waals surface area contributed by atoms with Crippen molar-refractivity contribution in [2.75, 3.05) is 45.9 Å². The van der Waals surface area contributed by atoms with Crippen molar-refractivity contribution in [2.24, 2.45) is 0 Å². The maximum Gasteiger partial charge on any atom is 0.215 e. The van der Waals surface area contributed by atoms with Crippen LogP contribution in [0.15, 0.2) is 0 Å². The van der Waals surface area contributed by atoms with Gasteiger partial charge in [0.05, 0.1) is 18.5 Å². The second-order valence-electron chi connectivity index (χ2n) is 5.62. The lowest BCUT2D eigenvalue weighted by Crippen LogP contribution is -2.42. The fraction of sp³-hybridized carbons (Fsp3) is 1.00. The molecule has 0 aromatic rings. The third-order valence-corrected chi connectivity index (χ3v) is 5.23. The number of sulfonamides is 1. The average molecular weight is 307 g/mol. The Morgan fingerprint density at radius 3 is 2.45 bits per heavy atom. The molecule has 1 fully saturated rings. The van der Waals surface area contributed by atoms with Gasteiger partial charge in [0.15, 0.2) is 0 Å². The number of hydrogen-bond acceptors (Lipinski definition) is 5. The van der Waals surface area contributed by atoms with Crippen molar-refractivity contribution >= 4 is 10.0 Å².